The number of benzene rings is 1. The maximum Gasteiger partial charge on any atom is 0.331 e. The molecule has 1 fully saturated rings. The van der Waals surface area contributed by atoms with Crippen molar-refractivity contribution in [1.29, 1.82) is 0 Å². The Morgan fingerprint density at radius 3 is 2.43 bits per heavy atom. The fourth-order valence-corrected chi connectivity index (χ4v) is 4.22. The Morgan fingerprint density at radius 2 is 2.00 bits per heavy atom. The summed E-state index contributed by atoms with van der Waals surface area (Å²) in [7, 11) is -3.02. The van der Waals surface area contributed by atoms with Crippen LogP contribution in [0.2, 0.25) is 0 Å². The monoisotopic (exact) mass is 409 g/mol. The number of amides is 1. The van der Waals surface area contributed by atoms with Crippen LogP contribution in [0.25, 0.3) is 0 Å². The highest BCUT2D eigenvalue weighted by Crippen LogP contribution is 2.35. The Hall–Kier alpha value is -2.97. The standard InChI is InChI=1S/C17H19N3O7S/c1-5-10-17(11-19(14(17)21)16(2,3)15(22)27-4)18-28(25,26)13-8-6-12(7-9-13)20(23)24/h1,6-9,18H,10-11H2,2-4H3/t17-/m1/s1. The number of carbonyl (C=O) groups excluding carboxylic acids is 2. The molecule has 1 aliphatic heterocycles. The third-order valence-corrected chi connectivity index (χ3v) is 6.09. The van der Waals surface area contributed by atoms with Crippen molar-refractivity contribution >= 4 is 27.6 Å². The second kappa shape index (κ2) is 7.21. The van der Waals surface area contributed by atoms with Gasteiger partial charge in [0.15, 0.2) is 0 Å². The Kier molecular flexibility index (Phi) is 5.50. The summed E-state index contributed by atoms with van der Waals surface area (Å²) in [6.07, 6.45) is 5.08. The fraction of sp³-hybridized carbons (Fsp3) is 0.412. The molecule has 1 aromatic carbocycles. The van der Waals surface area contributed by atoms with Gasteiger partial charge in [-0.05, 0) is 26.0 Å². The van der Waals surface area contributed by atoms with E-state index in [0.717, 1.165) is 24.3 Å². The topological polar surface area (TPSA) is 136 Å². The Morgan fingerprint density at radius 1 is 1.43 bits per heavy atom. The van der Waals surface area contributed by atoms with Gasteiger partial charge in [0, 0.05) is 18.6 Å². The minimum atomic E-state index is -4.20. The minimum absolute atomic E-state index is 0.135. The normalized spacial score (nSPS) is 19.5. The van der Waals surface area contributed by atoms with Crippen LogP contribution in [-0.4, -0.2) is 54.8 Å². The summed E-state index contributed by atoms with van der Waals surface area (Å²) in [5, 5.41) is 10.7. The van der Waals surface area contributed by atoms with Gasteiger partial charge in [-0.1, -0.05) is 0 Å². The van der Waals surface area contributed by atoms with Crippen LogP contribution in [-0.2, 0) is 24.3 Å². The van der Waals surface area contributed by atoms with Gasteiger partial charge in [0.25, 0.3) is 5.69 Å². The number of non-ortho nitro benzene ring substituents is 1. The molecule has 0 saturated carbocycles. The van der Waals surface area contributed by atoms with Crippen molar-refractivity contribution in [3.8, 4) is 12.3 Å². The Labute approximate surface area is 162 Å². The summed E-state index contributed by atoms with van der Waals surface area (Å²) in [6, 6.07) is 4.20. The first-order valence-corrected chi connectivity index (χ1v) is 9.52. The van der Waals surface area contributed by atoms with Gasteiger partial charge in [0.2, 0.25) is 15.9 Å². The smallest absolute Gasteiger partial charge is 0.331 e. The van der Waals surface area contributed by atoms with E-state index < -0.39 is 37.9 Å². The van der Waals surface area contributed by atoms with E-state index in [9.17, 15) is 28.1 Å². The number of esters is 1. The number of likely N-dealkylation sites (tertiary alicyclic amines) is 1. The number of hydrogen-bond donors (Lipinski definition) is 1. The molecule has 1 aromatic rings. The molecule has 150 valence electrons. The number of hydrogen-bond acceptors (Lipinski definition) is 7. The highest BCUT2D eigenvalue weighted by molar-refractivity contribution is 7.89. The SMILES string of the molecule is C#CC[C@@]1(NS(=O)(=O)c2ccc([N+](=O)[O-])cc2)CN(C(C)(C)C(=O)OC)C1=O. The van der Waals surface area contributed by atoms with E-state index in [0.29, 0.717) is 0 Å². The summed E-state index contributed by atoms with van der Waals surface area (Å²) in [6.45, 7) is 2.81. The molecule has 28 heavy (non-hydrogen) atoms. The number of rotatable bonds is 7. The van der Waals surface area contributed by atoms with E-state index in [1.807, 2.05) is 0 Å². The van der Waals surface area contributed by atoms with Gasteiger partial charge in [0.05, 0.1) is 23.5 Å². The number of ether oxygens (including phenoxy) is 1. The van der Waals surface area contributed by atoms with E-state index in [1.165, 1.54) is 25.9 Å². The number of nitrogens with one attached hydrogen (secondary N) is 1. The highest BCUT2D eigenvalue weighted by Gasteiger charge is 2.59. The van der Waals surface area contributed by atoms with E-state index in [2.05, 4.69) is 15.4 Å². The summed E-state index contributed by atoms with van der Waals surface area (Å²) in [5.74, 6) is 0.955. The van der Waals surface area contributed by atoms with Crippen LogP contribution in [0.3, 0.4) is 0 Å². The van der Waals surface area contributed by atoms with Crippen LogP contribution < -0.4 is 4.72 Å². The van der Waals surface area contributed by atoms with Crippen molar-refractivity contribution in [3.63, 3.8) is 0 Å². The van der Waals surface area contributed by atoms with E-state index >= 15 is 0 Å². The van der Waals surface area contributed by atoms with Crippen molar-refractivity contribution < 1.29 is 27.7 Å². The Bertz CT molecular complexity index is 963. The van der Waals surface area contributed by atoms with Crippen LogP contribution in [0.15, 0.2) is 29.2 Å². The maximum atomic E-state index is 12.8. The quantitative estimate of drug-likeness (QED) is 0.227. The third kappa shape index (κ3) is 3.56. The first-order valence-electron chi connectivity index (χ1n) is 8.04. The largest absolute Gasteiger partial charge is 0.467 e. The maximum absolute atomic E-state index is 12.8. The molecule has 0 aromatic heterocycles. The molecule has 10 nitrogen and oxygen atoms in total. The molecular weight excluding hydrogens is 390 g/mol. The molecule has 1 aliphatic rings. The lowest BCUT2D eigenvalue weighted by Gasteiger charge is -2.53. The zero-order valence-corrected chi connectivity index (χ0v) is 16.3. The van der Waals surface area contributed by atoms with Gasteiger partial charge in [-0.15, -0.1) is 12.3 Å². The molecule has 1 heterocycles. The van der Waals surface area contributed by atoms with Gasteiger partial charge >= 0.3 is 5.97 Å². The second-order valence-electron chi connectivity index (χ2n) is 6.76. The number of methoxy groups -OCH3 is 1. The summed E-state index contributed by atoms with van der Waals surface area (Å²) < 4.78 is 32.3. The van der Waals surface area contributed by atoms with Crippen LogP contribution in [0.1, 0.15) is 20.3 Å². The summed E-state index contributed by atoms with van der Waals surface area (Å²) >= 11 is 0. The second-order valence-corrected chi connectivity index (χ2v) is 8.44. The molecule has 1 atom stereocenters. The molecule has 0 radical (unpaired) electrons. The molecule has 2 rings (SSSR count). The van der Waals surface area contributed by atoms with E-state index in [4.69, 9.17) is 6.42 Å². The van der Waals surface area contributed by atoms with Crippen molar-refractivity contribution in [1.82, 2.24) is 9.62 Å². The van der Waals surface area contributed by atoms with Crippen LogP contribution in [0, 0.1) is 22.5 Å². The van der Waals surface area contributed by atoms with Crippen LogP contribution in [0.4, 0.5) is 5.69 Å². The van der Waals surface area contributed by atoms with E-state index in [-0.39, 0.29) is 23.5 Å². The van der Waals surface area contributed by atoms with Crippen molar-refractivity contribution in [2.75, 3.05) is 13.7 Å². The molecule has 1 N–H and O–H groups in total. The summed E-state index contributed by atoms with van der Waals surface area (Å²) in [5.41, 5.74) is -3.19. The van der Waals surface area contributed by atoms with E-state index in [1.54, 1.807) is 0 Å². The molecule has 1 amide bonds. The number of nitro groups is 1. The Balaban J connectivity index is 2.31. The van der Waals surface area contributed by atoms with Gasteiger partial charge in [0.1, 0.15) is 11.1 Å². The number of terminal acetylenes is 1. The van der Waals surface area contributed by atoms with Crippen molar-refractivity contribution in [2.24, 2.45) is 0 Å². The predicted octanol–water partition coefficient (Wildman–Crippen LogP) is 0.429. The average Bonchev–Trinajstić information content (AvgIpc) is 2.64. The highest BCUT2D eigenvalue weighted by atomic mass is 32.2. The predicted molar refractivity (Wildman–Crippen MR) is 97.4 cm³/mol. The molecule has 0 bridgehead atoms. The average molecular weight is 409 g/mol. The van der Waals surface area contributed by atoms with Gasteiger partial charge in [-0.3, -0.25) is 14.9 Å². The lowest BCUT2D eigenvalue weighted by atomic mass is 9.82. The molecule has 0 aliphatic carbocycles. The van der Waals surface area contributed by atoms with Crippen LogP contribution in [0.5, 0.6) is 0 Å². The lowest BCUT2D eigenvalue weighted by Crippen LogP contribution is -2.78. The van der Waals surface area contributed by atoms with Crippen LogP contribution >= 0.6 is 0 Å². The van der Waals surface area contributed by atoms with Gasteiger partial charge in [-0.25, -0.2) is 13.2 Å². The zero-order chi connectivity index (χ0) is 21.3. The lowest BCUT2D eigenvalue weighted by molar-refractivity contribution is -0.384. The third-order valence-electron chi connectivity index (χ3n) is 4.53. The molecule has 11 heteroatoms. The minimum Gasteiger partial charge on any atom is -0.467 e. The molecular formula is C17H19N3O7S. The number of nitro benzene ring substituents is 1. The number of β-lactam (4-membered cyclic amide) rings is 1. The molecule has 0 spiro atoms. The van der Waals surface area contributed by atoms with Crippen molar-refractivity contribution in [2.45, 2.75) is 36.2 Å². The van der Waals surface area contributed by atoms with Crippen molar-refractivity contribution in [3.05, 3.63) is 34.4 Å². The fourth-order valence-electron chi connectivity index (χ4n) is 2.87. The van der Waals surface area contributed by atoms with Gasteiger partial charge in [-0.2, -0.15) is 4.72 Å². The number of nitrogens with zero attached hydrogens (tertiary/aromatic N) is 2. The zero-order valence-electron chi connectivity index (χ0n) is 15.5. The molecule has 1 saturated heterocycles. The number of sulfonamides is 1. The number of carbonyl (C=O) groups is 2. The summed E-state index contributed by atoms with van der Waals surface area (Å²) in [4.78, 5) is 35.7. The molecule has 0 unspecified atom stereocenters. The first kappa shape index (κ1) is 21.3. The van der Waals surface area contributed by atoms with Gasteiger partial charge < -0.3 is 9.64 Å². The first-order chi connectivity index (χ1) is 12.9.